The Morgan fingerprint density at radius 1 is 1.19 bits per heavy atom. The lowest BCUT2D eigenvalue weighted by Gasteiger charge is -2.19. The number of hydrogen-bond donors (Lipinski definition) is 0. The van der Waals surface area contributed by atoms with Crippen LogP contribution in [0.4, 0.5) is 5.69 Å². The fourth-order valence-electron chi connectivity index (χ4n) is 3.02. The Bertz CT molecular complexity index is 1120. The fraction of sp³-hybridized carbons (Fsp3) is 0.174. The average molecular weight is 471 g/mol. The summed E-state index contributed by atoms with van der Waals surface area (Å²) in [5, 5.41) is 0.669. The first-order chi connectivity index (χ1) is 15.4. The number of methoxy groups -OCH3 is 2. The lowest BCUT2D eigenvalue weighted by Crippen LogP contribution is -2.35. The van der Waals surface area contributed by atoms with Crippen molar-refractivity contribution >= 4 is 52.6 Å². The Hall–Kier alpha value is -3.54. The van der Waals surface area contributed by atoms with Crippen molar-refractivity contribution in [3.63, 3.8) is 0 Å². The highest BCUT2D eigenvalue weighted by molar-refractivity contribution is 7.80. The SMILES string of the molecule is C#CCOc1ccc(/C=C2/C(=O)N(c3ccc(Cl)cc3)C(=S)N2CC(=O)OC)cc1OC. The second-order valence-corrected chi connectivity index (χ2v) is 7.30. The third kappa shape index (κ3) is 4.85. The van der Waals surface area contributed by atoms with Crippen molar-refractivity contribution in [2.75, 3.05) is 32.3 Å². The normalized spacial score (nSPS) is 14.5. The number of terminal acetylenes is 1. The molecule has 1 heterocycles. The van der Waals surface area contributed by atoms with Crippen LogP contribution in [0.25, 0.3) is 6.08 Å². The zero-order valence-corrected chi connectivity index (χ0v) is 18.9. The van der Waals surface area contributed by atoms with Crippen LogP contribution in [-0.4, -0.2) is 49.3 Å². The van der Waals surface area contributed by atoms with Crippen LogP contribution in [0.2, 0.25) is 5.02 Å². The summed E-state index contributed by atoms with van der Waals surface area (Å²) in [7, 11) is 2.76. The summed E-state index contributed by atoms with van der Waals surface area (Å²) in [4.78, 5) is 28.1. The Morgan fingerprint density at radius 2 is 1.91 bits per heavy atom. The molecule has 1 aliphatic rings. The maximum atomic E-state index is 13.3. The van der Waals surface area contributed by atoms with Gasteiger partial charge < -0.3 is 19.1 Å². The van der Waals surface area contributed by atoms with E-state index in [9.17, 15) is 9.59 Å². The number of hydrogen-bond acceptors (Lipinski definition) is 6. The molecule has 2 aromatic rings. The second kappa shape index (κ2) is 10.2. The fourth-order valence-corrected chi connectivity index (χ4v) is 3.49. The quantitative estimate of drug-likeness (QED) is 0.265. The van der Waals surface area contributed by atoms with Crippen LogP contribution < -0.4 is 14.4 Å². The summed E-state index contributed by atoms with van der Waals surface area (Å²) in [5.41, 5.74) is 1.36. The number of carbonyl (C=O) groups excluding carboxylic acids is 2. The van der Waals surface area contributed by atoms with Gasteiger partial charge in [-0.1, -0.05) is 23.6 Å². The van der Waals surface area contributed by atoms with Gasteiger partial charge in [-0.05, 0) is 60.3 Å². The smallest absolute Gasteiger partial charge is 0.325 e. The summed E-state index contributed by atoms with van der Waals surface area (Å²) in [6.07, 6.45) is 6.85. The molecule has 0 saturated carbocycles. The number of rotatable bonds is 7. The first kappa shape index (κ1) is 23.1. The zero-order chi connectivity index (χ0) is 23.3. The van der Waals surface area contributed by atoms with Crippen molar-refractivity contribution in [1.82, 2.24) is 4.90 Å². The molecule has 0 aliphatic carbocycles. The van der Waals surface area contributed by atoms with Crippen molar-refractivity contribution in [3.8, 4) is 23.8 Å². The van der Waals surface area contributed by atoms with E-state index in [2.05, 4.69) is 5.92 Å². The van der Waals surface area contributed by atoms with Gasteiger partial charge in [0, 0.05) is 5.02 Å². The lowest BCUT2D eigenvalue weighted by atomic mass is 10.1. The molecule has 7 nitrogen and oxygen atoms in total. The Kier molecular flexibility index (Phi) is 7.36. The number of ether oxygens (including phenoxy) is 3. The van der Waals surface area contributed by atoms with Gasteiger partial charge in [-0.2, -0.15) is 0 Å². The number of benzene rings is 2. The van der Waals surface area contributed by atoms with Gasteiger partial charge in [-0.3, -0.25) is 14.5 Å². The van der Waals surface area contributed by atoms with Gasteiger partial charge in [0.25, 0.3) is 5.91 Å². The molecule has 0 atom stereocenters. The molecule has 1 aliphatic heterocycles. The van der Waals surface area contributed by atoms with Gasteiger partial charge in [-0.15, -0.1) is 6.42 Å². The Balaban J connectivity index is 2.03. The van der Waals surface area contributed by atoms with Crippen LogP contribution in [0, 0.1) is 12.3 Å². The molecule has 1 amide bonds. The van der Waals surface area contributed by atoms with Crippen molar-refractivity contribution in [3.05, 3.63) is 58.7 Å². The molecular formula is C23H19ClN2O5S. The topological polar surface area (TPSA) is 68.3 Å². The number of thiocarbonyl (C=S) groups is 1. The van der Waals surface area contributed by atoms with E-state index in [1.807, 2.05) is 0 Å². The lowest BCUT2D eigenvalue weighted by molar-refractivity contribution is -0.140. The van der Waals surface area contributed by atoms with E-state index in [0.717, 1.165) is 0 Å². The molecule has 1 fully saturated rings. The first-order valence-corrected chi connectivity index (χ1v) is 10.1. The van der Waals surface area contributed by atoms with Crippen molar-refractivity contribution in [2.24, 2.45) is 0 Å². The Labute approximate surface area is 196 Å². The van der Waals surface area contributed by atoms with E-state index in [-0.39, 0.29) is 24.0 Å². The largest absolute Gasteiger partial charge is 0.493 e. The molecular weight excluding hydrogens is 452 g/mol. The molecule has 1 saturated heterocycles. The third-order valence-corrected chi connectivity index (χ3v) is 5.19. The summed E-state index contributed by atoms with van der Waals surface area (Å²) < 4.78 is 15.6. The molecule has 9 heteroatoms. The highest BCUT2D eigenvalue weighted by atomic mass is 35.5. The summed E-state index contributed by atoms with van der Waals surface area (Å²) in [6, 6.07) is 11.8. The Morgan fingerprint density at radius 3 is 2.53 bits per heavy atom. The van der Waals surface area contributed by atoms with Gasteiger partial charge in [0.2, 0.25) is 0 Å². The number of halogens is 1. The summed E-state index contributed by atoms with van der Waals surface area (Å²) in [5.74, 6) is 2.36. The van der Waals surface area contributed by atoms with Crippen molar-refractivity contribution in [2.45, 2.75) is 0 Å². The van der Waals surface area contributed by atoms with E-state index in [0.29, 0.717) is 27.8 Å². The van der Waals surface area contributed by atoms with E-state index < -0.39 is 11.9 Å². The van der Waals surface area contributed by atoms with Crippen LogP contribution in [-0.2, 0) is 14.3 Å². The number of nitrogens with zero attached hydrogens (tertiary/aromatic N) is 2. The van der Waals surface area contributed by atoms with E-state index >= 15 is 0 Å². The minimum absolute atomic E-state index is 0.0898. The molecule has 164 valence electrons. The molecule has 0 N–H and O–H groups in total. The molecule has 0 bridgehead atoms. The van der Waals surface area contributed by atoms with Crippen LogP contribution in [0.1, 0.15) is 5.56 Å². The average Bonchev–Trinajstić information content (AvgIpc) is 3.02. The van der Waals surface area contributed by atoms with Crippen LogP contribution >= 0.6 is 23.8 Å². The van der Waals surface area contributed by atoms with Gasteiger partial charge in [0.15, 0.2) is 16.6 Å². The van der Waals surface area contributed by atoms with Crippen LogP contribution in [0.15, 0.2) is 48.2 Å². The molecule has 0 unspecified atom stereocenters. The minimum Gasteiger partial charge on any atom is -0.493 e. The van der Waals surface area contributed by atoms with Crippen molar-refractivity contribution < 1.29 is 23.8 Å². The maximum Gasteiger partial charge on any atom is 0.325 e. The summed E-state index contributed by atoms with van der Waals surface area (Å²) in [6.45, 7) is -0.135. The number of anilines is 1. The molecule has 0 spiro atoms. The first-order valence-electron chi connectivity index (χ1n) is 9.34. The molecule has 0 radical (unpaired) electrons. The number of esters is 1. The highest BCUT2D eigenvalue weighted by Crippen LogP contribution is 2.32. The van der Waals surface area contributed by atoms with Crippen LogP contribution in [0.3, 0.4) is 0 Å². The van der Waals surface area contributed by atoms with Gasteiger partial charge in [0.1, 0.15) is 18.8 Å². The molecule has 32 heavy (non-hydrogen) atoms. The molecule has 2 aromatic carbocycles. The monoisotopic (exact) mass is 470 g/mol. The van der Waals surface area contributed by atoms with Gasteiger partial charge in [-0.25, -0.2) is 0 Å². The molecule has 3 rings (SSSR count). The van der Waals surface area contributed by atoms with Crippen LogP contribution in [0.5, 0.6) is 11.5 Å². The van der Waals surface area contributed by atoms with E-state index in [1.165, 1.54) is 24.0 Å². The maximum absolute atomic E-state index is 13.3. The second-order valence-electron chi connectivity index (χ2n) is 6.49. The van der Waals surface area contributed by atoms with Gasteiger partial charge in [0.05, 0.1) is 19.9 Å². The summed E-state index contributed by atoms with van der Waals surface area (Å²) >= 11 is 11.5. The predicted octanol–water partition coefficient (Wildman–Crippen LogP) is 3.51. The predicted molar refractivity (Wildman–Crippen MR) is 126 cm³/mol. The molecule has 0 aromatic heterocycles. The highest BCUT2D eigenvalue weighted by Gasteiger charge is 2.40. The third-order valence-electron chi connectivity index (χ3n) is 4.54. The zero-order valence-electron chi connectivity index (χ0n) is 17.3. The van der Waals surface area contributed by atoms with E-state index in [1.54, 1.807) is 48.5 Å². The number of amides is 1. The minimum atomic E-state index is -0.542. The number of carbonyl (C=O) groups is 2. The van der Waals surface area contributed by atoms with E-state index in [4.69, 9.17) is 44.5 Å². The van der Waals surface area contributed by atoms with Crippen molar-refractivity contribution in [1.29, 1.82) is 0 Å². The van der Waals surface area contributed by atoms with Gasteiger partial charge >= 0.3 is 5.97 Å². The standard InChI is InChI=1S/C23H19ClN2O5S/c1-4-11-31-19-10-5-15(13-20(19)29-2)12-18-22(28)26(17-8-6-16(24)7-9-17)23(32)25(18)14-21(27)30-3/h1,5-10,12-13H,11,14H2,2-3H3/b18-12-.